The van der Waals surface area contributed by atoms with Gasteiger partial charge in [-0.1, -0.05) is 6.92 Å². The van der Waals surface area contributed by atoms with Crippen LogP contribution in [0.4, 0.5) is 0 Å². The highest BCUT2D eigenvalue weighted by atomic mass is 16.3. The van der Waals surface area contributed by atoms with E-state index in [1.54, 1.807) is 11.8 Å². The number of piperidine rings is 1. The Morgan fingerprint density at radius 2 is 2.07 bits per heavy atom. The quantitative estimate of drug-likeness (QED) is 0.657. The summed E-state index contributed by atoms with van der Waals surface area (Å²) in [5, 5.41) is 9.16. The van der Waals surface area contributed by atoms with E-state index in [-0.39, 0.29) is 17.9 Å². The molecule has 0 aliphatic carbocycles. The van der Waals surface area contributed by atoms with Crippen molar-refractivity contribution < 1.29 is 9.90 Å². The molecule has 1 heterocycles. The molecule has 4 nitrogen and oxygen atoms in total. The van der Waals surface area contributed by atoms with E-state index in [9.17, 15) is 4.79 Å². The lowest BCUT2D eigenvalue weighted by Crippen LogP contribution is -2.48. The van der Waals surface area contributed by atoms with Gasteiger partial charge in [0.2, 0.25) is 5.91 Å². The van der Waals surface area contributed by atoms with Crippen LogP contribution >= 0.6 is 0 Å². The first kappa shape index (κ1) is 11.5. The van der Waals surface area contributed by atoms with Gasteiger partial charge in [0.15, 0.2) is 0 Å². The average Bonchev–Trinajstić information content (AvgIpc) is 2.18. The molecule has 0 aromatic carbocycles. The summed E-state index contributed by atoms with van der Waals surface area (Å²) in [6, 6.07) is -0.409. The second kappa shape index (κ2) is 4.28. The minimum atomic E-state index is -0.409. The zero-order chi connectivity index (χ0) is 10.8. The number of nitrogens with two attached hydrogens (primary N) is 1. The van der Waals surface area contributed by atoms with Crippen LogP contribution in [0.2, 0.25) is 0 Å². The molecular weight excluding hydrogens is 180 g/mol. The molecule has 1 rings (SSSR count). The Kier molecular flexibility index (Phi) is 3.50. The fourth-order valence-electron chi connectivity index (χ4n) is 1.71. The molecule has 0 aromatic rings. The Hall–Kier alpha value is -0.610. The van der Waals surface area contributed by atoms with Crippen molar-refractivity contribution in [2.24, 2.45) is 11.1 Å². The van der Waals surface area contributed by atoms with E-state index in [1.807, 2.05) is 0 Å². The van der Waals surface area contributed by atoms with Crippen molar-refractivity contribution in [3.63, 3.8) is 0 Å². The van der Waals surface area contributed by atoms with E-state index in [1.165, 1.54) is 0 Å². The lowest BCUT2D eigenvalue weighted by atomic mass is 9.81. The predicted octanol–water partition coefficient (Wildman–Crippen LogP) is -0.0454. The highest BCUT2D eigenvalue weighted by Crippen LogP contribution is 2.29. The Bertz CT molecular complexity index is 208. The van der Waals surface area contributed by atoms with Gasteiger partial charge in [0.05, 0.1) is 6.04 Å². The Labute approximate surface area is 85.1 Å². The van der Waals surface area contributed by atoms with Crippen molar-refractivity contribution in [2.75, 3.05) is 19.7 Å². The number of aliphatic hydroxyl groups is 1. The largest absolute Gasteiger partial charge is 0.396 e. The maximum Gasteiger partial charge on any atom is 0.239 e. The maximum absolute atomic E-state index is 11.5. The van der Waals surface area contributed by atoms with Crippen LogP contribution in [0.25, 0.3) is 0 Å². The smallest absolute Gasteiger partial charge is 0.239 e. The minimum Gasteiger partial charge on any atom is -0.396 e. The number of carbonyl (C=O) groups is 1. The fraction of sp³-hybridized carbons (Fsp3) is 0.900. The number of carbonyl (C=O) groups excluding carboxylic acids is 1. The molecule has 3 N–H and O–H groups in total. The van der Waals surface area contributed by atoms with Crippen LogP contribution in [0, 0.1) is 5.41 Å². The molecule has 1 atom stereocenters. The van der Waals surface area contributed by atoms with Crippen LogP contribution in [0.15, 0.2) is 0 Å². The summed E-state index contributed by atoms with van der Waals surface area (Å²) in [6.07, 6.45) is 1.73. The van der Waals surface area contributed by atoms with Crippen molar-refractivity contribution in [1.29, 1.82) is 0 Å². The molecule has 1 aliphatic heterocycles. The molecule has 1 amide bonds. The predicted molar refractivity (Wildman–Crippen MR) is 54.7 cm³/mol. The third-order valence-corrected chi connectivity index (χ3v) is 3.05. The first-order valence-corrected chi connectivity index (χ1v) is 5.14. The van der Waals surface area contributed by atoms with Crippen molar-refractivity contribution in [3.8, 4) is 0 Å². The van der Waals surface area contributed by atoms with Crippen molar-refractivity contribution >= 4 is 5.91 Å². The Morgan fingerprint density at radius 3 is 2.43 bits per heavy atom. The lowest BCUT2D eigenvalue weighted by Gasteiger charge is -2.38. The number of likely N-dealkylation sites (tertiary alicyclic amines) is 1. The van der Waals surface area contributed by atoms with Gasteiger partial charge in [0, 0.05) is 19.7 Å². The molecule has 0 radical (unpaired) electrons. The highest BCUT2D eigenvalue weighted by molar-refractivity contribution is 5.81. The number of hydrogen-bond donors (Lipinski definition) is 2. The van der Waals surface area contributed by atoms with Crippen molar-refractivity contribution in [2.45, 2.75) is 32.7 Å². The van der Waals surface area contributed by atoms with Gasteiger partial charge in [-0.25, -0.2) is 0 Å². The molecule has 0 bridgehead atoms. The molecular formula is C10H20N2O2. The van der Waals surface area contributed by atoms with Crippen molar-refractivity contribution in [3.05, 3.63) is 0 Å². The maximum atomic E-state index is 11.5. The van der Waals surface area contributed by atoms with Crippen LogP contribution in [-0.4, -0.2) is 41.7 Å². The highest BCUT2D eigenvalue weighted by Gasteiger charge is 2.31. The van der Waals surface area contributed by atoms with E-state index in [0.29, 0.717) is 0 Å². The van der Waals surface area contributed by atoms with E-state index in [0.717, 1.165) is 25.9 Å². The molecule has 0 unspecified atom stereocenters. The van der Waals surface area contributed by atoms with Crippen LogP contribution < -0.4 is 5.73 Å². The monoisotopic (exact) mass is 200 g/mol. The van der Waals surface area contributed by atoms with Gasteiger partial charge in [0.25, 0.3) is 0 Å². The summed E-state index contributed by atoms with van der Waals surface area (Å²) in [5.41, 5.74) is 5.52. The summed E-state index contributed by atoms with van der Waals surface area (Å²) in [5.74, 6) is 0.0185. The van der Waals surface area contributed by atoms with Gasteiger partial charge in [-0.15, -0.1) is 0 Å². The third-order valence-electron chi connectivity index (χ3n) is 3.05. The molecule has 0 spiro atoms. The molecule has 0 aromatic heterocycles. The van der Waals surface area contributed by atoms with Crippen LogP contribution in [0.1, 0.15) is 26.7 Å². The van der Waals surface area contributed by atoms with Crippen LogP contribution in [-0.2, 0) is 4.79 Å². The molecule has 1 saturated heterocycles. The molecule has 4 heteroatoms. The normalized spacial score (nSPS) is 23.3. The first-order valence-electron chi connectivity index (χ1n) is 5.14. The fourth-order valence-corrected chi connectivity index (χ4v) is 1.71. The zero-order valence-corrected chi connectivity index (χ0v) is 8.99. The van der Waals surface area contributed by atoms with Gasteiger partial charge in [-0.3, -0.25) is 4.79 Å². The number of aliphatic hydroxyl groups excluding tert-OH is 1. The van der Waals surface area contributed by atoms with Gasteiger partial charge in [-0.2, -0.15) is 0 Å². The van der Waals surface area contributed by atoms with Gasteiger partial charge in [-0.05, 0) is 25.2 Å². The topological polar surface area (TPSA) is 66.6 Å². The van der Waals surface area contributed by atoms with Crippen LogP contribution in [0.5, 0.6) is 0 Å². The molecule has 14 heavy (non-hydrogen) atoms. The third kappa shape index (κ3) is 2.45. The summed E-state index contributed by atoms with van der Waals surface area (Å²) in [6.45, 7) is 5.41. The summed E-state index contributed by atoms with van der Waals surface area (Å²) in [7, 11) is 0. The van der Waals surface area contributed by atoms with Gasteiger partial charge < -0.3 is 15.7 Å². The molecule has 1 fully saturated rings. The number of rotatable bonds is 2. The van der Waals surface area contributed by atoms with Crippen molar-refractivity contribution in [1.82, 2.24) is 4.90 Å². The van der Waals surface area contributed by atoms with E-state index in [2.05, 4.69) is 6.92 Å². The molecule has 82 valence electrons. The lowest BCUT2D eigenvalue weighted by molar-refractivity contribution is -0.134. The first-order chi connectivity index (χ1) is 6.48. The SMILES string of the molecule is C[C@@H](N)C(=O)N1CCC(C)(CO)CC1. The number of nitrogens with zero attached hydrogens (tertiary/aromatic N) is 1. The Balaban J connectivity index is 2.47. The molecule has 1 aliphatic rings. The number of hydrogen-bond acceptors (Lipinski definition) is 3. The molecule has 0 saturated carbocycles. The second-order valence-electron chi connectivity index (χ2n) is 4.58. The summed E-state index contributed by atoms with van der Waals surface area (Å²) < 4.78 is 0. The van der Waals surface area contributed by atoms with E-state index in [4.69, 9.17) is 10.8 Å². The van der Waals surface area contributed by atoms with Gasteiger partial charge >= 0.3 is 0 Å². The second-order valence-corrected chi connectivity index (χ2v) is 4.58. The number of amides is 1. The summed E-state index contributed by atoms with van der Waals surface area (Å²) in [4.78, 5) is 13.3. The minimum absolute atomic E-state index is 0.00534. The van der Waals surface area contributed by atoms with Crippen LogP contribution in [0.3, 0.4) is 0 Å². The van der Waals surface area contributed by atoms with E-state index >= 15 is 0 Å². The van der Waals surface area contributed by atoms with E-state index < -0.39 is 6.04 Å². The standard InChI is InChI=1S/C10H20N2O2/c1-8(11)9(14)12-5-3-10(2,7-13)4-6-12/h8,13H,3-7,11H2,1-2H3/t8-/m1/s1. The Morgan fingerprint density at radius 1 is 1.57 bits per heavy atom. The summed E-state index contributed by atoms with van der Waals surface area (Å²) >= 11 is 0. The average molecular weight is 200 g/mol. The zero-order valence-electron chi connectivity index (χ0n) is 8.99. The van der Waals surface area contributed by atoms with Gasteiger partial charge in [0.1, 0.15) is 0 Å².